The highest BCUT2D eigenvalue weighted by atomic mass is 15.3. The predicted molar refractivity (Wildman–Crippen MR) is 72.0 cm³/mol. The minimum atomic E-state index is 0.452. The number of nitrogens with two attached hydrogens (primary N) is 1. The van der Waals surface area contributed by atoms with Gasteiger partial charge in [0.2, 0.25) is 0 Å². The number of allylic oxidation sites excluding steroid dienone is 2. The molecule has 0 bridgehead atoms. The molecule has 2 heterocycles. The van der Waals surface area contributed by atoms with Crippen molar-refractivity contribution >= 4 is 0 Å². The third-order valence-corrected chi connectivity index (χ3v) is 4.12. The van der Waals surface area contributed by atoms with Gasteiger partial charge in [0.25, 0.3) is 0 Å². The standard InChI is InChI=1S/C14H22N4/c1-18-9-12(10-4-2-5-11(15)8-10)14(17-18)13-6-3-7-16-13/h5,9-10,13,16H,2-4,6-8,15H2,1H3/t10?,13-/m1/s1. The van der Waals surface area contributed by atoms with Crippen LogP contribution in [0.25, 0.3) is 0 Å². The van der Waals surface area contributed by atoms with Crippen LogP contribution in [0, 0.1) is 0 Å². The third kappa shape index (κ3) is 2.17. The molecule has 0 saturated carbocycles. The Morgan fingerprint density at radius 2 is 2.33 bits per heavy atom. The van der Waals surface area contributed by atoms with Crippen molar-refractivity contribution in [2.75, 3.05) is 6.54 Å². The van der Waals surface area contributed by atoms with Gasteiger partial charge in [0.15, 0.2) is 0 Å². The van der Waals surface area contributed by atoms with E-state index in [2.05, 4.69) is 22.7 Å². The van der Waals surface area contributed by atoms with Gasteiger partial charge in [-0.3, -0.25) is 4.68 Å². The van der Waals surface area contributed by atoms with Crippen LogP contribution in [0.3, 0.4) is 0 Å². The molecule has 1 unspecified atom stereocenters. The first-order valence-corrected chi connectivity index (χ1v) is 6.95. The van der Waals surface area contributed by atoms with E-state index in [-0.39, 0.29) is 0 Å². The Balaban J connectivity index is 1.88. The maximum absolute atomic E-state index is 5.99. The van der Waals surface area contributed by atoms with Crippen molar-refractivity contribution < 1.29 is 0 Å². The molecule has 3 rings (SSSR count). The highest BCUT2D eigenvalue weighted by molar-refractivity contribution is 5.28. The molecule has 0 amide bonds. The van der Waals surface area contributed by atoms with Crippen LogP contribution in [0.4, 0.5) is 0 Å². The molecule has 1 aromatic rings. The molecule has 1 aromatic heterocycles. The first-order valence-electron chi connectivity index (χ1n) is 6.95. The summed E-state index contributed by atoms with van der Waals surface area (Å²) in [6.45, 7) is 1.12. The molecular weight excluding hydrogens is 224 g/mol. The molecule has 2 atom stereocenters. The zero-order valence-electron chi connectivity index (χ0n) is 11.0. The Morgan fingerprint density at radius 1 is 1.44 bits per heavy atom. The largest absolute Gasteiger partial charge is 0.402 e. The lowest BCUT2D eigenvalue weighted by molar-refractivity contribution is 0.561. The predicted octanol–water partition coefficient (Wildman–Crippen LogP) is 1.95. The molecule has 0 spiro atoms. The van der Waals surface area contributed by atoms with E-state index in [1.165, 1.54) is 30.5 Å². The van der Waals surface area contributed by atoms with Gasteiger partial charge in [-0.2, -0.15) is 5.10 Å². The van der Waals surface area contributed by atoms with Crippen LogP contribution in [-0.2, 0) is 7.05 Å². The number of aromatic nitrogens is 2. The van der Waals surface area contributed by atoms with Crippen LogP contribution in [0.2, 0.25) is 0 Å². The number of rotatable bonds is 2. The van der Waals surface area contributed by atoms with Gasteiger partial charge in [0, 0.05) is 18.9 Å². The summed E-state index contributed by atoms with van der Waals surface area (Å²) >= 11 is 0. The van der Waals surface area contributed by atoms with Gasteiger partial charge in [-0.25, -0.2) is 0 Å². The summed E-state index contributed by atoms with van der Waals surface area (Å²) in [5, 5.41) is 8.24. The second kappa shape index (κ2) is 4.76. The fourth-order valence-corrected chi connectivity index (χ4v) is 3.23. The van der Waals surface area contributed by atoms with Gasteiger partial charge in [-0.05, 0) is 50.1 Å². The molecular formula is C14H22N4. The van der Waals surface area contributed by atoms with Crippen molar-refractivity contribution in [3.05, 3.63) is 29.2 Å². The number of nitrogens with zero attached hydrogens (tertiary/aromatic N) is 2. The van der Waals surface area contributed by atoms with Crippen LogP contribution in [0.5, 0.6) is 0 Å². The lowest BCUT2D eigenvalue weighted by Crippen LogP contribution is -2.17. The average Bonchev–Trinajstić information content (AvgIpc) is 2.97. The molecule has 3 N–H and O–H groups in total. The molecule has 1 saturated heterocycles. The van der Waals surface area contributed by atoms with Crippen molar-refractivity contribution in [2.24, 2.45) is 12.8 Å². The van der Waals surface area contributed by atoms with Crippen LogP contribution >= 0.6 is 0 Å². The second-order valence-electron chi connectivity index (χ2n) is 5.55. The molecule has 18 heavy (non-hydrogen) atoms. The number of hydrogen-bond acceptors (Lipinski definition) is 3. The topological polar surface area (TPSA) is 55.9 Å². The van der Waals surface area contributed by atoms with Crippen LogP contribution in [0.15, 0.2) is 18.0 Å². The summed E-state index contributed by atoms with van der Waals surface area (Å²) in [6, 6.07) is 0.452. The third-order valence-electron chi connectivity index (χ3n) is 4.12. The van der Waals surface area contributed by atoms with E-state index in [4.69, 9.17) is 5.73 Å². The lowest BCUT2D eigenvalue weighted by atomic mass is 9.85. The summed E-state index contributed by atoms with van der Waals surface area (Å²) in [4.78, 5) is 0. The molecule has 1 fully saturated rings. The maximum atomic E-state index is 5.99. The fraction of sp³-hybridized carbons (Fsp3) is 0.643. The Hall–Kier alpha value is -1.29. The monoisotopic (exact) mass is 246 g/mol. The first-order chi connectivity index (χ1) is 8.74. The average molecular weight is 246 g/mol. The normalized spacial score (nSPS) is 28.4. The molecule has 2 aliphatic rings. The molecule has 4 nitrogen and oxygen atoms in total. The van der Waals surface area contributed by atoms with E-state index in [0.717, 1.165) is 25.1 Å². The Bertz CT molecular complexity index is 454. The van der Waals surface area contributed by atoms with E-state index >= 15 is 0 Å². The highest BCUT2D eigenvalue weighted by Crippen LogP contribution is 2.36. The van der Waals surface area contributed by atoms with Gasteiger partial charge in [0.05, 0.1) is 11.7 Å². The van der Waals surface area contributed by atoms with Gasteiger partial charge in [-0.1, -0.05) is 6.08 Å². The van der Waals surface area contributed by atoms with E-state index in [9.17, 15) is 0 Å². The number of nitrogens with one attached hydrogen (secondary N) is 1. The molecule has 4 heteroatoms. The summed E-state index contributed by atoms with van der Waals surface area (Å²) in [7, 11) is 2.02. The van der Waals surface area contributed by atoms with Gasteiger partial charge in [-0.15, -0.1) is 0 Å². The van der Waals surface area contributed by atoms with Crippen LogP contribution in [0.1, 0.15) is 55.3 Å². The molecule has 0 radical (unpaired) electrons. The smallest absolute Gasteiger partial charge is 0.0828 e. The highest BCUT2D eigenvalue weighted by Gasteiger charge is 2.27. The lowest BCUT2D eigenvalue weighted by Gasteiger charge is -2.22. The fourth-order valence-electron chi connectivity index (χ4n) is 3.23. The van der Waals surface area contributed by atoms with Crippen molar-refractivity contribution in [1.29, 1.82) is 0 Å². The summed E-state index contributed by atoms with van der Waals surface area (Å²) < 4.78 is 1.96. The van der Waals surface area contributed by atoms with Crippen molar-refractivity contribution in [3.63, 3.8) is 0 Å². The van der Waals surface area contributed by atoms with Crippen LogP contribution in [-0.4, -0.2) is 16.3 Å². The molecule has 98 valence electrons. The Morgan fingerprint density at radius 3 is 3.06 bits per heavy atom. The van der Waals surface area contributed by atoms with Crippen molar-refractivity contribution in [3.8, 4) is 0 Å². The summed E-state index contributed by atoms with van der Waals surface area (Å²) in [5.74, 6) is 0.557. The quantitative estimate of drug-likeness (QED) is 0.838. The first kappa shape index (κ1) is 11.8. The van der Waals surface area contributed by atoms with Crippen molar-refractivity contribution in [1.82, 2.24) is 15.1 Å². The minimum absolute atomic E-state index is 0.452. The second-order valence-corrected chi connectivity index (χ2v) is 5.55. The van der Waals surface area contributed by atoms with E-state index in [1.54, 1.807) is 0 Å². The molecule has 1 aliphatic carbocycles. The SMILES string of the molecule is Cn1cc(C2CCC=C(N)C2)c([C@H]2CCCN2)n1. The summed E-state index contributed by atoms with van der Waals surface area (Å²) in [6.07, 6.45) is 10.1. The summed E-state index contributed by atoms with van der Waals surface area (Å²) in [5.41, 5.74) is 9.70. The Labute approximate surface area is 108 Å². The molecule has 1 aliphatic heterocycles. The van der Waals surface area contributed by atoms with E-state index in [1.807, 2.05) is 11.7 Å². The van der Waals surface area contributed by atoms with Gasteiger partial charge >= 0.3 is 0 Å². The Kier molecular flexibility index (Phi) is 3.12. The minimum Gasteiger partial charge on any atom is -0.402 e. The van der Waals surface area contributed by atoms with Gasteiger partial charge < -0.3 is 11.1 Å². The zero-order chi connectivity index (χ0) is 12.5. The maximum Gasteiger partial charge on any atom is 0.0828 e. The van der Waals surface area contributed by atoms with E-state index < -0.39 is 0 Å². The van der Waals surface area contributed by atoms with Crippen LogP contribution < -0.4 is 11.1 Å². The number of hydrogen-bond donors (Lipinski definition) is 2. The van der Waals surface area contributed by atoms with Crippen molar-refractivity contribution in [2.45, 2.75) is 44.1 Å². The van der Waals surface area contributed by atoms with Gasteiger partial charge in [0.1, 0.15) is 0 Å². The van der Waals surface area contributed by atoms with E-state index in [0.29, 0.717) is 12.0 Å². The zero-order valence-corrected chi connectivity index (χ0v) is 11.0. The number of aryl methyl sites for hydroxylation is 1. The molecule has 0 aromatic carbocycles.